The molecule has 14 nitrogen and oxygen atoms in total. The minimum atomic E-state index is -1.16. The Labute approximate surface area is 311 Å². The van der Waals surface area contributed by atoms with E-state index in [9.17, 15) is 14.7 Å². The van der Waals surface area contributed by atoms with Crippen molar-refractivity contribution in [3.63, 3.8) is 0 Å². The molecule has 4 aliphatic heterocycles. The van der Waals surface area contributed by atoms with Gasteiger partial charge in [0.1, 0.15) is 51.6 Å². The quantitative estimate of drug-likeness (QED) is 0.127. The van der Waals surface area contributed by atoms with Gasteiger partial charge in [-0.25, -0.2) is 14.8 Å². The van der Waals surface area contributed by atoms with Crippen LogP contribution in [0.4, 0.5) is 11.6 Å². The summed E-state index contributed by atoms with van der Waals surface area (Å²) in [6.07, 6.45) is 6.34. The fraction of sp³-hybridized carbons (Fsp3) is 0.375. The third-order valence-corrected chi connectivity index (χ3v) is 10.5. The molecule has 0 radical (unpaired) electrons. The van der Waals surface area contributed by atoms with Crippen molar-refractivity contribution in [2.75, 3.05) is 31.6 Å². The Morgan fingerprint density at radius 3 is 2.74 bits per heavy atom. The van der Waals surface area contributed by atoms with E-state index in [-0.39, 0.29) is 28.6 Å². The van der Waals surface area contributed by atoms with Crippen LogP contribution >= 0.6 is 0 Å². The van der Waals surface area contributed by atoms with Gasteiger partial charge in [0.05, 0.1) is 36.3 Å². The van der Waals surface area contributed by atoms with Crippen LogP contribution in [0, 0.1) is 6.92 Å². The van der Waals surface area contributed by atoms with E-state index in [0.29, 0.717) is 73.3 Å². The molecule has 4 aromatic rings. The number of nitrogens with one attached hydrogen (secondary N) is 1. The van der Waals surface area contributed by atoms with Crippen LogP contribution in [0.3, 0.4) is 0 Å². The first-order valence-corrected chi connectivity index (χ1v) is 18.1. The summed E-state index contributed by atoms with van der Waals surface area (Å²) in [6.45, 7) is 7.11. The van der Waals surface area contributed by atoms with Gasteiger partial charge in [0, 0.05) is 54.1 Å². The van der Waals surface area contributed by atoms with E-state index in [4.69, 9.17) is 30.1 Å². The lowest BCUT2D eigenvalue weighted by Crippen LogP contribution is -2.50. The number of epoxide rings is 1. The molecule has 6 N–H and O–H groups in total. The summed E-state index contributed by atoms with van der Waals surface area (Å²) in [5.41, 5.74) is 16.0. The van der Waals surface area contributed by atoms with Crippen LogP contribution in [0.25, 0.3) is 22.2 Å². The van der Waals surface area contributed by atoms with Crippen LogP contribution in [0.15, 0.2) is 74.7 Å². The summed E-state index contributed by atoms with van der Waals surface area (Å²) in [4.78, 5) is 42.5. The number of nitrogens with two attached hydrogens (primary N) is 2. The smallest absolute Gasteiger partial charge is 0.341 e. The van der Waals surface area contributed by atoms with Gasteiger partial charge < -0.3 is 45.4 Å². The summed E-state index contributed by atoms with van der Waals surface area (Å²) in [6, 6.07) is 10.5. The molecule has 8 rings (SSSR count). The third kappa shape index (κ3) is 6.56. The number of aliphatic imine (C=N–C) groups is 1. The van der Waals surface area contributed by atoms with Crippen LogP contribution in [-0.2, 0) is 33.7 Å². The van der Waals surface area contributed by atoms with Gasteiger partial charge in [-0.3, -0.25) is 9.79 Å². The number of rotatable bonds is 11. The molecule has 280 valence electrons. The predicted octanol–water partition coefficient (Wildman–Crippen LogP) is 4.10. The first-order chi connectivity index (χ1) is 25.8. The molecular formula is C40H43N7O7. The monoisotopic (exact) mass is 733 g/mol. The number of allylic oxidation sites excluding steroid dienone is 1. The maximum absolute atomic E-state index is 14.0. The van der Waals surface area contributed by atoms with Gasteiger partial charge in [-0.15, -0.1) is 0 Å². The Kier molecular flexibility index (Phi) is 8.69. The molecule has 0 amide bonds. The van der Waals surface area contributed by atoms with E-state index in [1.807, 2.05) is 51.4 Å². The van der Waals surface area contributed by atoms with Gasteiger partial charge in [0.2, 0.25) is 0 Å². The van der Waals surface area contributed by atoms with E-state index in [1.54, 1.807) is 19.1 Å². The lowest BCUT2D eigenvalue weighted by Gasteiger charge is -2.39. The number of carbonyl (C=O) groups is 1. The highest BCUT2D eigenvalue weighted by Crippen LogP contribution is 2.47. The average Bonchev–Trinajstić information content (AvgIpc) is 3.42. The molecule has 1 saturated heterocycles. The van der Waals surface area contributed by atoms with E-state index < -0.39 is 29.4 Å². The van der Waals surface area contributed by atoms with Crippen molar-refractivity contribution >= 4 is 34.3 Å². The van der Waals surface area contributed by atoms with Gasteiger partial charge in [-0.1, -0.05) is 0 Å². The van der Waals surface area contributed by atoms with Gasteiger partial charge in [-0.05, 0) is 83.1 Å². The number of pyridine rings is 2. The number of hydrogen-bond donors (Lipinski definition) is 4. The molecule has 0 saturated carbocycles. The molecule has 3 atom stereocenters. The van der Waals surface area contributed by atoms with Crippen molar-refractivity contribution < 1.29 is 28.5 Å². The van der Waals surface area contributed by atoms with E-state index >= 15 is 0 Å². The zero-order valence-electron chi connectivity index (χ0n) is 30.6. The van der Waals surface area contributed by atoms with Crippen LogP contribution < -0.4 is 26.9 Å². The maximum Gasteiger partial charge on any atom is 0.341 e. The second-order valence-electron chi connectivity index (χ2n) is 14.9. The highest BCUT2D eigenvalue weighted by Gasteiger charge is 2.63. The molecule has 7 heterocycles. The molecule has 0 unspecified atom stereocenters. The minimum absolute atomic E-state index is 0.0621. The Balaban J connectivity index is 0.970. The van der Waals surface area contributed by atoms with Crippen molar-refractivity contribution in [3.8, 4) is 22.8 Å². The Morgan fingerprint density at radius 1 is 1.13 bits per heavy atom. The molecule has 0 bridgehead atoms. The number of ether oxygens (including phenoxy) is 3. The van der Waals surface area contributed by atoms with Crippen molar-refractivity contribution in [1.29, 1.82) is 0 Å². The highest BCUT2D eigenvalue weighted by atomic mass is 16.7. The molecule has 3 aromatic heterocycles. The van der Waals surface area contributed by atoms with Gasteiger partial charge in [-0.2, -0.15) is 0 Å². The number of aryl methyl sites for hydroxylation is 2. The molecular weight excluding hydrogens is 690 g/mol. The Hall–Kier alpha value is -5.73. The number of nitrogen functional groups attached to an aromatic ring is 2. The minimum Gasteiger partial charge on any atom is -0.507 e. The Bertz CT molecular complexity index is 2350. The molecule has 1 aromatic carbocycles. The van der Waals surface area contributed by atoms with Gasteiger partial charge >= 0.3 is 5.97 Å². The van der Waals surface area contributed by atoms with E-state index in [1.165, 1.54) is 6.07 Å². The van der Waals surface area contributed by atoms with Crippen LogP contribution in [0.1, 0.15) is 49.3 Å². The first-order valence-electron chi connectivity index (χ1n) is 18.1. The van der Waals surface area contributed by atoms with Crippen LogP contribution in [0.2, 0.25) is 0 Å². The van der Waals surface area contributed by atoms with Crippen molar-refractivity contribution in [2.45, 2.75) is 76.4 Å². The first kappa shape index (κ1) is 35.3. The van der Waals surface area contributed by atoms with E-state index in [2.05, 4.69) is 31.4 Å². The molecule has 14 heteroatoms. The van der Waals surface area contributed by atoms with Crippen molar-refractivity contribution in [1.82, 2.24) is 20.2 Å². The number of benzene rings is 1. The molecule has 0 spiro atoms. The second-order valence-corrected chi connectivity index (χ2v) is 14.9. The highest BCUT2D eigenvalue weighted by molar-refractivity contribution is 6.07. The zero-order chi connectivity index (χ0) is 37.9. The number of hydrogen-bond acceptors (Lipinski definition) is 14. The fourth-order valence-electron chi connectivity index (χ4n) is 7.66. The molecule has 4 aliphatic rings. The number of nitrogens with zero attached hydrogens (tertiary/aromatic N) is 4. The largest absolute Gasteiger partial charge is 0.507 e. The molecule has 1 fully saturated rings. The summed E-state index contributed by atoms with van der Waals surface area (Å²) in [5.74, 6) is 0.803. The zero-order valence-corrected chi connectivity index (χ0v) is 30.6. The third-order valence-electron chi connectivity index (χ3n) is 10.5. The molecule has 0 aliphatic carbocycles. The molecule has 54 heavy (non-hydrogen) atoms. The average molecular weight is 734 g/mol. The van der Waals surface area contributed by atoms with Gasteiger partial charge in [0.25, 0.3) is 0 Å². The fourth-order valence-corrected chi connectivity index (χ4v) is 7.66. The second kappa shape index (κ2) is 13.3. The number of anilines is 2. The normalized spacial score (nSPS) is 22.0. The summed E-state index contributed by atoms with van der Waals surface area (Å²) < 4.78 is 24.4. The number of phenols is 1. The topological polar surface area (TPSA) is 204 Å². The lowest BCUT2D eigenvalue weighted by molar-refractivity contribution is -0.167. The maximum atomic E-state index is 14.0. The van der Waals surface area contributed by atoms with Crippen LogP contribution in [0.5, 0.6) is 11.5 Å². The summed E-state index contributed by atoms with van der Waals surface area (Å²) in [5, 5.41) is 14.4. The standard InChI is InChI=1S/C40H43N7O7/c1-21-11-29(48)36-31(51-21)17-30-26(37(36)49)16-33(39(2,3)53-30)52-38(50)40(8-10-43-4)32(54-40)6-5-22-12-27(46-34(41)13-22)24-14-25(45-35(42)15-24)19-47-18-23-7-9-44-28(23)20-47/h7,9,11-15,17-18,32-33,43,49H,5-6,8,10,16,19-20H2,1-4H3,(H2,41,46)(H2,42,45)/t32-,33-,40-/m1/s1. The number of fused-ring (bicyclic) bond motifs is 3. The summed E-state index contributed by atoms with van der Waals surface area (Å²) >= 11 is 0. The SMILES string of the molecule is CNCC[C@@]1(C(=O)O[C@@H]2Cc3c(cc4oc(C)cc(=O)c4c3O)OC2(C)C)O[C@@H]1CCc1cc(N)nc(-c2cc(N)nc(CN3C=C4C=CN=C4C3)c2)c1. The van der Waals surface area contributed by atoms with E-state index in [0.717, 1.165) is 28.1 Å². The van der Waals surface area contributed by atoms with Crippen molar-refractivity contribution in [2.24, 2.45) is 4.99 Å². The Morgan fingerprint density at radius 2 is 1.94 bits per heavy atom. The van der Waals surface area contributed by atoms with Gasteiger partial charge in [0.15, 0.2) is 11.0 Å². The number of aromatic nitrogens is 2. The number of carbonyl (C=O) groups excluding carboxylic acids is 1. The van der Waals surface area contributed by atoms with Crippen LogP contribution in [-0.4, -0.2) is 75.2 Å². The predicted molar refractivity (Wildman–Crippen MR) is 203 cm³/mol. The number of aromatic hydroxyl groups is 1. The summed E-state index contributed by atoms with van der Waals surface area (Å²) in [7, 11) is 1.81. The number of esters is 1. The number of phenolic OH excluding ortho intramolecular Hbond substituents is 1. The lowest BCUT2D eigenvalue weighted by atomic mass is 9.89. The van der Waals surface area contributed by atoms with Crippen molar-refractivity contribution in [3.05, 3.63) is 93.3 Å².